The summed E-state index contributed by atoms with van der Waals surface area (Å²) in [7, 11) is -2.99. The van der Waals surface area contributed by atoms with Crippen molar-refractivity contribution in [3.05, 3.63) is 0 Å². The van der Waals surface area contributed by atoms with E-state index in [1.165, 1.54) is 25.7 Å². The first kappa shape index (κ1) is 18.0. The first-order valence-electron chi connectivity index (χ1n) is 8.09. The molecule has 0 aliphatic heterocycles. The van der Waals surface area contributed by atoms with Crippen molar-refractivity contribution in [2.75, 3.05) is 12.3 Å². The lowest BCUT2D eigenvalue weighted by Gasteiger charge is -2.27. The molecule has 3 nitrogen and oxygen atoms in total. The zero-order valence-corrected chi connectivity index (χ0v) is 14.7. The fourth-order valence-electron chi connectivity index (χ4n) is 2.93. The average Bonchev–Trinajstić information content (AvgIpc) is 2.80. The van der Waals surface area contributed by atoms with Gasteiger partial charge in [-0.05, 0) is 45.6 Å². The lowest BCUT2D eigenvalue weighted by Crippen LogP contribution is -2.35. The van der Waals surface area contributed by atoms with Crippen molar-refractivity contribution in [3.63, 3.8) is 0 Å². The molecule has 0 amide bonds. The van der Waals surface area contributed by atoms with Crippen LogP contribution in [-0.2, 0) is 9.84 Å². The highest BCUT2D eigenvalue weighted by molar-refractivity contribution is 7.92. The zero-order chi connectivity index (χ0) is 15.4. The summed E-state index contributed by atoms with van der Waals surface area (Å²) in [6.45, 7) is 10.7. The molecule has 1 rings (SSSR count). The molecule has 1 fully saturated rings. The molecule has 120 valence electrons. The van der Waals surface area contributed by atoms with Crippen molar-refractivity contribution in [2.45, 2.75) is 77.5 Å². The Hall–Kier alpha value is -0.0900. The molecule has 0 radical (unpaired) electrons. The highest BCUT2D eigenvalue weighted by Gasteiger charge is 2.31. The summed E-state index contributed by atoms with van der Waals surface area (Å²) < 4.78 is 24.0. The molecular weight excluding hydrogens is 270 g/mol. The van der Waals surface area contributed by atoms with Gasteiger partial charge >= 0.3 is 0 Å². The minimum Gasteiger partial charge on any atom is -0.314 e. The molecule has 0 aromatic rings. The summed E-state index contributed by atoms with van der Waals surface area (Å²) in [6.07, 6.45) is 5.99. The summed E-state index contributed by atoms with van der Waals surface area (Å²) >= 11 is 0. The SMILES string of the molecule is CC(C)NCC(CCS(=O)(=O)C(C)(C)C)C1CCCC1. The third-order valence-corrected chi connectivity index (χ3v) is 7.18. The van der Waals surface area contributed by atoms with Crippen LogP contribution in [0.15, 0.2) is 0 Å². The molecule has 20 heavy (non-hydrogen) atoms. The number of nitrogens with one attached hydrogen (secondary N) is 1. The minimum absolute atomic E-state index is 0.331. The van der Waals surface area contributed by atoms with E-state index in [0.29, 0.717) is 17.7 Å². The molecule has 1 saturated carbocycles. The standard InChI is InChI=1S/C16H33NO2S/c1-13(2)17-12-15(14-8-6-7-9-14)10-11-20(18,19)16(3,4)5/h13-15,17H,6-12H2,1-5H3. The molecule has 4 heteroatoms. The lowest BCUT2D eigenvalue weighted by molar-refractivity contribution is 0.306. The van der Waals surface area contributed by atoms with Gasteiger partial charge in [0.1, 0.15) is 0 Å². The van der Waals surface area contributed by atoms with Gasteiger partial charge < -0.3 is 5.32 Å². The van der Waals surface area contributed by atoms with Gasteiger partial charge in [0.15, 0.2) is 9.84 Å². The van der Waals surface area contributed by atoms with Crippen molar-refractivity contribution < 1.29 is 8.42 Å². The van der Waals surface area contributed by atoms with Crippen molar-refractivity contribution in [1.82, 2.24) is 5.32 Å². The van der Waals surface area contributed by atoms with Crippen LogP contribution in [0.25, 0.3) is 0 Å². The van der Waals surface area contributed by atoms with Gasteiger partial charge in [-0.2, -0.15) is 0 Å². The summed E-state index contributed by atoms with van der Waals surface area (Å²) in [5.74, 6) is 1.56. The Morgan fingerprint density at radius 3 is 2.15 bits per heavy atom. The van der Waals surface area contributed by atoms with Crippen molar-refractivity contribution in [3.8, 4) is 0 Å². The quantitative estimate of drug-likeness (QED) is 0.784. The second kappa shape index (κ2) is 7.26. The molecule has 1 atom stereocenters. The Labute approximate surface area is 125 Å². The summed E-state index contributed by atoms with van der Waals surface area (Å²) in [6, 6.07) is 0.470. The van der Waals surface area contributed by atoms with Crippen LogP contribution in [-0.4, -0.2) is 31.5 Å². The maximum Gasteiger partial charge on any atom is 0.155 e. The minimum atomic E-state index is -2.99. The van der Waals surface area contributed by atoms with E-state index in [0.717, 1.165) is 18.9 Å². The summed E-state index contributed by atoms with van der Waals surface area (Å²) in [5.41, 5.74) is 0. The zero-order valence-electron chi connectivity index (χ0n) is 13.9. The van der Waals surface area contributed by atoms with E-state index in [1.807, 2.05) is 0 Å². The summed E-state index contributed by atoms with van der Waals surface area (Å²) in [5, 5.41) is 3.50. The molecule has 1 aliphatic carbocycles. The Morgan fingerprint density at radius 1 is 1.15 bits per heavy atom. The fraction of sp³-hybridized carbons (Fsp3) is 1.00. The topological polar surface area (TPSA) is 46.2 Å². The third kappa shape index (κ3) is 5.36. The second-order valence-electron chi connectivity index (χ2n) is 7.59. The van der Waals surface area contributed by atoms with Crippen LogP contribution in [0.1, 0.15) is 66.7 Å². The molecule has 0 bridgehead atoms. The number of rotatable bonds is 7. The highest BCUT2D eigenvalue weighted by atomic mass is 32.2. The van der Waals surface area contributed by atoms with Crippen LogP contribution in [0.3, 0.4) is 0 Å². The smallest absolute Gasteiger partial charge is 0.155 e. The largest absolute Gasteiger partial charge is 0.314 e. The van der Waals surface area contributed by atoms with Gasteiger partial charge in [0, 0.05) is 6.04 Å². The van der Waals surface area contributed by atoms with Gasteiger partial charge in [0.25, 0.3) is 0 Å². The maximum atomic E-state index is 12.3. The Morgan fingerprint density at radius 2 is 1.70 bits per heavy atom. The van der Waals surface area contributed by atoms with E-state index < -0.39 is 14.6 Å². The molecule has 0 aromatic heterocycles. The van der Waals surface area contributed by atoms with Gasteiger partial charge in [-0.3, -0.25) is 0 Å². The Bertz CT molecular complexity index is 376. The Balaban J connectivity index is 2.60. The van der Waals surface area contributed by atoms with Crippen LogP contribution in [0.4, 0.5) is 0 Å². The molecule has 0 heterocycles. The third-order valence-electron chi connectivity index (χ3n) is 4.55. The fourth-order valence-corrected chi connectivity index (χ4v) is 4.16. The van der Waals surface area contributed by atoms with Gasteiger partial charge in [0.2, 0.25) is 0 Å². The van der Waals surface area contributed by atoms with Crippen molar-refractivity contribution >= 4 is 9.84 Å². The summed E-state index contributed by atoms with van der Waals surface area (Å²) in [4.78, 5) is 0. The molecular formula is C16H33NO2S. The van der Waals surface area contributed by atoms with Gasteiger partial charge in [-0.15, -0.1) is 0 Å². The van der Waals surface area contributed by atoms with Crippen LogP contribution < -0.4 is 5.32 Å². The molecule has 0 spiro atoms. The first-order valence-corrected chi connectivity index (χ1v) is 9.74. The second-order valence-corrected chi connectivity index (χ2v) is 10.4. The Kier molecular flexibility index (Phi) is 6.52. The first-order chi connectivity index (χ1) is 9.13. The van der Waals surface area contributed by atoms with Gasteiger partial charge in [-0.25, -0.2) is 8.42 Å². The molecule has 1 aliphatic rings. The van der Waals surface area contributed by atoms with Crippen molar-refractivity contribution in [1.29, 1.82) is 0 Å². The monoisotopic (exact) mass is 303 g/mol. The predicted molar refractivity (Wildman–Crippen MR) is 86.7 cm³/mol. The van der Waals surface area contributed by atoms with Crippen LogP contribution >= 0.6 is 0 Å². The van der Waals surface area contributed by atoms with Crippen molar-refractivity contribution in [2.24, 2.45) is 11.8 Å². The van der Waals surface area contributed by atoms with E-state index in [2.05, 4.69) is 19.2 Å². The van der Waals surface area contributed by atoms with E-state index in [1.54, 1.807) is 20.8 Å². The molecule has 0 aromatic carbocycles. The predicted octanol–water partition coefficient (Wildman–Crippen LogP) is 3.39. The normalized spacial score (nSPS) is 19.7. The highest BCUT2D eigenvalue weighted by Crippen LogP contribution is 2.33. The van der Waals surface area contributed by atoms with E-state index >= 15 is 0 Å². The van der Waals surface area contributed by atoms with Crippen LogP contribution in [0.5, 0.6) is 0 Å². The molecule has 0 saturated heterocycles. The van der Waals surface area contributed by atoms with Crippen LogP contribution in [0, 0.1) is 11.8 Å². The average molecular weight is 304 g/mol. The number of hydrogen-bond acceptors (Lipinski definition) is 3. The lowest BCUT2D eigenvalue weighted by atomic mass is 9.88. The molecule has 1 unspecified atom stereocenters. The number of sulfone groups is 1. The van der Waals surface area contributed by atoms with E-state index in [4.69, 9.17) is 0 Å². The molecule has 1 N–H and O–H groups in total. The maximum absolute atomic E-state index is 12.3. The number of hydrogen-bond donors (Lipinski definition) is 1. The van der Waals surface area contributed by atoms with E-state index in [-0.39, 0.29) is 0 Å². The van der Waals surface area contributed by atoms with Gasteiger partial charge in [-0.1, -0.05) is 39.5 Å². The van der Waals surface area contributed by atoms with Gasteiger partial charge in [0.05, 0.1) is 10.5 Å². The van der Waals surface area contributed by atoms with Crippen LogP contribution in [0.2, 0.25) is 0 Å². The van der Waals surface area contributed by atoms with E-state index in [9.17, 15) is 8.42 Å².